The first-order chi connectivity index (χ1) is 14.4. The Hall–Kier alpha value is -1.64. The minimum atomic E-state index is -0.488. The number of carbonyl (C=O) groups is 2. The van der Waals surface area contributed by atoms with Crippen LogP contribution in [0.3, 0.4) is 0 Å². The van der Waals surface area contributed by atoms with Crippen molar-refractivity contribution in [2.24, 2.45) is 11.1 Å². The van der Waals surface area contributed by atoms with E-state index in [2.05, 4.69) is 21.7 Å². The number of carbonyl (C=O) groups excluding carboxylic acids is 2. The molecule has 0 saturated heterocycles. The fourth-order valence-electron chi connectivity index (χ4n) is 4.09. The summed E-state index contributed by atoms with van der Waals surface area (Å²) in [6.45, 7) is 2.55. The number of amides is 2. The smallest absolute Gasteiger partial charge is 0.236 e. The van der Waals surface area contributed by atoms with Gasteiger partial charge in [0.25, 0.3) is 0 Å². The number of fused-ring (bicyclic) bond motifs is 1. The molecule has 2 amide bonds. The van der Waals surface area contributed by atoms with Crippen LogP contribution in [0, 0.1) is 12.3 Å². The second-order valence-corrected chi connectivity index (χ2v) is 10.4. The van der Waals surface area contributed by atoms with Crippen molar-refractivity contribution < 1.29 is 9.59 Å². The van der Waals surface area contributed by atoms with Gasteiger partial charge < -0.3 is 16.4 Å². The van der Waals surface area contributed by atoms with Crippen LogP contribution < -0.4 is 16.4 Å². The lowest BCUT2D eigenvalue weighted by molar-refractivity contribution is -0.124. The molecule has 0 bridgehead atoms. The molecule has 3 rings (SSSR count). The molecule has 4 N–H and O–H groups in total. The van der Waals surface area contributed by atoms with Crippen LogP contribution in [0.25, 0.3) is 10.2 Å². The average molecular weight is 449 g/mol. The van der Waals surface area contributed by atoms with Crippen LogP contribution in [0.5, 0.6) is 0 Å². The lowest BCUT2D eigenvalue weighted by atomic mass is 9.71. The third kappa shape index (κ3) is 6.18. The number of anilines is 1. The molecule has 1 aromatic carbocycles. The lowest BCUT2D eigenvalue weighted by Crippen LogP contribution is -2.47. The summed E-state index contributed by atoms with van der Waals surface area (Å²) in [4.78, 5) is 29.8. The van der Waals surface area contributed by atoms with Gasteiger partial charge in [0.2, 0.25) is 11.8 Å². The molecule has 1 atom stereocenters. The van der Waals surface area contributed by atoms with E-state index < -0.39 is 6.04 Å². The molecule has 30 heavy (non-hydrogen) atoms. The minimum absolute atomic E-state index is 0.0337. The van der Waals surface area contributed by atoms with Gasteiger partial charge in [0.05, 0.1) is 16.3 Å². The van der Waals surface area contributed by atoms with Crippen LogP contribution in [-0.2, 0) is 9.59 Å². The normalized spacial score (nSPS) is 16.9. The van der Waals surface area contributed by atoms with Crippen molar-refractivity contribution in [3.63, 3.8) is 0 Å². The quantitative estimate of drug-likeness (QED) is 0.537. The molecule has 1 saturated carbocycles. The number of rotatable bonds is 9. The van der Waals surface area contributed by atoms with Gasteiger partial charge >= 0.3 is 0 Å². The third-order valence-corrected chi connectivity index (χ3v) is 7.42. The van der Waals surface area contributed by atoms with Gasteiger partial charge in [0.15, 0.2) is 5.13 Å². The molecule has 6 nitrogen and oxygen atoms in total. The van der Waals surface area contributed by atoms with Crippen molar-refractivity contribution in [3.05, 3.63) is 23.8 Å². The average Bonchev–Trinajstić information content (AvgIpc) is 3.11. The van der Waals surface area contributed by atoms with Crippen LogP contribution in [-0.4, -0.2) is 41.4 Å². The van der Waals surface area contributed by atoms with Crippen molar-refractivity contribution in [3.8, 4) is 0 Å². The van der Waals surface area contributed by atoms with E-state index in [4.69, 9.17) is 5.73 Å². The third-order valence-electron chi connectivity index (χ3n) is 5.85. The zero-order chi connectivity index (χ0) is 21.6. The highest BCUT2D eigenvalue weighted by atomic mass is 32.2. The lowest BCUT2D eigenvalue weighted by Gasteiger charge is -2.37. The number of benzene rings is 1. The Bertz CT molecular complexity index is 877. The first-order valence-electron chi connectivity index (χ1n) is 10.6. The summed E-state index contributed by atoms with van der Waals surface area (Å²) in [6.07, 6.45) is 8.30. The first kappa shape index (κ1) is 23.0. The Labute approximate surface area is 186 Å². The highest BCUT2D eigenvalue weighted by Crippen LogP contribution is 2.39. The number of thioether (sulfide) groups is 1. The molecular formula is C22H32N4O2S2. The maximum atomic E-state index is 12.9. The van der Waals surface area contributed by atoms with Crippen molar-refractivity contribution in [2.45, 2.75) is 57.9 Å². The Morgan fingerprint density at radius 2 is 2.07 bits per heavy atom. The van der Waals surface area contributed by atoms with Crippen LogP contribution in [0.4, 0.5) is 5.13 Å². The topological polar surface area (TPSA) is 97.1 Å². The fraction of sp³-hybridized carbons (Fsp3) is 0.591. The summed E-state index contributed by atoms with van der Waals surface area (Å²) in [6, 6.07) is 5.60. The van der Waals surface area contributed by atoms with Crippen molar-refractivity contribution in [2.75, 3.05) is 23.9 Å². The largest absolute Gasteiger partial charge is 0.354 e. The van der Waals surface area contributed by atoms with Crippen molar-refractivity contribution in [1.29, 1.82) is 0 Å². The van der Waals surface area contributed by atoms with Gasteiger partial charge in [-0.25, -0.2) is 4.98 Å². The molecule has 164 valence electrons. The van der Waals surface area contributed by atoms with Gasteiger partial charge in [-0.15, -0.1) is 0 Å². The highest BCUT2D eigenvalue weighted by molar-refractivity contribution is 7.98. The van der Waals surface area contributed by atoms with Crippen LogP contribution in [0.2, 0.25) is 0 Å². The number of aryl methyl sites for hydroxylation is 1. The number of nitrogens with zero attached hydrogens (tertiary/aromatic N) is 1. The zero-order valence-electron chi connectivity index (χ0n) is 17.8. The second kappa shape index (κ2) is 10.6. The minimum Gasteiger partial charge on any atom is -0.354 e. The standard InChI is InChI=1S/C22H32N4O2S2/c1-15-6-7-17-18(12-15)30-21(25-17)26-19(27)13-22(9-4-3-5-10-22)14-24-20(28)16(23)8-11-29-2/h6-7,12,16H,3-5,8-11,13-14,23H2,1-2H3,(H,24,28)(H,25,26,27)/t16-/m0/s1. The molecular weight excluding hydrogens is 416 g/mol. The van der Waals surface area contributed by atoms with Crippen LogP contribution in [0.15, 0.2) is 18.2 Å². The monoisotopic (exact) mass is 448 g/mol. The van der Waals surface area contributed by atoms with Crippen molar-refractivity contribution in [1.82, 2.24) is 10.3 Å². The van der Waals surface area contributed by atoms with Gasteiger partial charge in [-0.05, 0) is 61.3 Å². The SMILES string of the molecule is CSCC[C@H](N)C(=O)NCC1(CC(=O)Nc2nc3ccc(C)cc3s2)CCCCC1. The Morgan fingerprint density at radius 1 is 1.30 bits per heavy atom. The van der Waals surface area contributed by atoms with Gasteiger partial charge in [-0.1, -0.05) is 36.7 Å². The zero-order valence-corrected chi connectivity index (χ0v) is 19.5. The van der Waals surface area contributed by atoms with E-state index in [9.17, 15) is 9.59 Å². The molecule has 0 unspecified atom stereocenters. The van der Waals surface area contributed by atoms with E-state index in [1.807, 2.05) is 25.3 Å². The molecule has 1 aliphatic carbocycles. The molecule has 0 aliphatic heterocycles. The maximum absolute atomic E-state index is 12.9. The summed E-state index contributed by atoms with van der Waals surface area (Å²) in [7, 11) is 0. The number of hydrogen-bond acceptors (Lipinski definition) is 6. The van der Waals surface area contributed by atoms with E-state index in [1.165, 1.54) is 23.3 Å². The highest BCUT2D eigenvalue weighted by Gasteiger charge is 2.35. The number of nitrogens with one attached hydrogen (secondary N) is 2. The Balaban J connectivity index is 1.61. The van der Waals surface area contributed by atoms with Gasteiger partial charge in [0, 0.05) is 13.0 Å². The van der Waals surface area contributed by atoms with E-state index in [1.54, 1.807) is 11.8 Å². The van der Waals surface area contributed by atoms with Gasteiger partial charge in [0.1, 0.15) is 0 Å². The molecule has 1 fully saturated rings. The van der Waals surface area contributed by atoms with Crippen LogP contribution >= 0.6 is 23.1 Å². The predicted octanol–water partition coefficient (Wildman–Crippen LogP) is 4.08. The molecule has 1 aromatic heterocycles. The number of hydrogen-bond donors (Lipinski definition) is 3. The number of nitrogens with two attached hydrogens (primary N) is 1. The van der Waals surface area contributed by atoms with E-state index in [0.29, 0.717) is 24.5 Å². The predicted molar refractivity (Wildman–Crippen MR) is 127 cm³/mol. The Kier molecular flexibility index (Phi) is 8.13. The molecule has 2 aromatic rings. The summed E-state index contributed by atoms with van der Waals surface area (Å²) in [5, 5.41) is 6.66. The number of thiazole rings is 1. The second-order valence-electron chi connectivity index (χ2n) is 8.38. The summed E-state index contributed by atoms with van der Waals surface area (Å²) < 4.78 is 1.07. The van der Waals surface area contributed by atoms with E-state index in [0.717, 1.165) is 41.7 Å². The molecule has 0 spiro atoms. The molecule has 1 heterocycles. The molecule has 1 aliphatic rings. The van der Waals surface area contributed by atoms with Gasteiger partial charge in [-0.3, -0.25) is 9.59 Å². The van der Waals surface area contributed by atoms with Crippen LogP contribution in [0.1, 0.15) is 50.5 Å². The van der Waals surface area contributed by atoms with Crippen molar-refractivity contribution >= 4 is 50.3 Å². The summed E-state index contributed by atoms with van der Waals surface area (Å²) in [5.41, 5.74) is 7.88. The first-order valence-corrected chi connectivity index (χ1v) is 12.8. The fourth-order valence-corrected chi connectivity index (χ4v) is 5.56. The summed E-state index contributed by atoms with van der Waals surface area (Å²) >= 11 is 3.19. The van der Waals surface area contributed by atoms with E-state index >= 15 is 0 Å². The molecule has 0 radical (unpaired) electrons. The van der Waals surface area contributed by atoms with Gasteiger partial charge in [-0.2, -0.15) is 11.8 Å². The maximum Gasteiger partial charge on any atom is 0.236 e. The Morgan fingerprint density at radius 3 is 2.80 bits per heavy atom. The van der Waals surface area contributed by atoms with E-state index in [-0.39, 0.29) is 17.2 Å². The molecule has 8 heteroatoms. The number of aromatic nitrogens is 1. The summed E-state index contributed by atoms with van der Waals surface area (Å²) in [5.74, 6) is 0.716.